The predicted molar refractivity (Wildman–Crippen MR) is 114 cm³/mol. The summed E-state index contributed by atoms with van der Waals surface area (Å²) >= 11 is 6.37. The Labute approximate surface area is 169 Å². The molecule has 2 aromatic carbocycles. The number of pyridine rings is 1. The second-order valence-corrected chi connectivity index (χ2v) is 8.12. The largest absolute Gasteiger partial charge is 0.369 e. The smallest absolute Gasteiger partial charge is 0.111 e. The molecule has 1 atom stereocenters. The lowest BCUT2D eigenvalue weighted by atomic mass is 9.98. The van der Waals surface area contributed by atoms with Crippen LogP contribution in [-0.2, 0) is 4.74 Å². The first-order valence-corrected chi connectivity index (χ1v) is 10.3. The van der Waals surface area contributed by atoms with Crippen LogP contribution in [0.2, 0.25) is 5.02 Å². The summed E-state index contributed by atoms with van der Waals surface area (Å²) < 4.78 is 8.35. The Morgan fingerprint density at radius 1 is 1.14 bits per heavy atom. The number of fused-ring (bicyclic) bond motifs is 3. The molecule has 0 N–H and O–H groups in total. The van der Waals surface area contributed by atoms with E-state index in [1.165, 1.54) is 29.5 Å². The molecule has 1 fully saturated rings. The third kappa shape index (κ3) is 2.99. The Balaban J connectivity index is 1.79. The summed E-state index contributed by atoms with van der Waals surface area (Å²) in [5.74, 6) is 0.597. The molecule has 28 heavy (non-hydrogen) atoms. The standard InChI is InChI=1S/C24H23ClN2O/c1-3-28-24(17-6-4-15(2)5-7-17)21-14-26-27-22(16-8-9-16)12-18-10-11-19(25)13-20(18)23(21)27/h4-7,10-14,16,24H,3,8-9H2,1-2H3. The summed E-state index contributed by atoms with van der Waals surface area (Å²) in [5, 5.41) is 7.87. The minimum Gasteiger partial charge on any atom is -0.369 e. The molecule has 0 amide bonds. The molecule has 0 aliphatic heterocycles. The molecule has 1 aliphatic rings. The third-order valence-corrected chi connectivity index (χ3v) is 5.84. The number of benzene rings is 2. The molecule has 0 bridgehead atoms. The number of aryl methyl sites for hydroxylation is 1. The Hall–Kier alpha value is -2.36. The summed E-state index contributed by atoms with van der Waals surface area (Å²) in [6.07, 6.45) is 4.29. The van der Waals surface area contributed by atoms with Crippen molar-refractivity contribution in [2.24, 2.45) is 0 Å². The van der Waals surface area contributed by atoms with Crippen LogP contribution in [0.15, 0.2) is 54.7 Å². The van der Waals surface area contributed by atoms with E-state index in [4.69, 9.17) is 21.4 Å². The average Bonchev–Trinajstić information content (AvgIpc) is 3.45. The third-order valence-electron chi connectivity index (χ3n) is 5.61. The number of nitrogens with zero attached hydrogens (tertiary/aromatic N) is 2. The van der Waals surface area contributed by atoms with Crippen molar-refractivity contribution in [1.82, 2.24) is 9.61 Å². The molecule has 3 nitrogen and oxygen atoms in total. The van der Waals surface area contributed by atoms with E-state index >= 15 is 0 Å². The van der Waals surface area contributed by atoms with Gasteiger partial charge >= 0.3 is 0 Å². The summed E-state index contributed by atoms with van der Waals surface area (Å²) in [6.45, 7) is 4.78. The van der Waals surface area contributed by atoms with Crippen LogP contribution < -0.4 is 0 Å². The fourth-order valence-electron chi connectivity index (χ4n) is 4.04. The van der Waals surface area contributed by atoms with Crippen LogP contribution in [0.5, 0.6) is 0 Å². The van der Waals surface area contributed by atoms with Crippen LogP contribution in [0.1, 0.15) is 54.2 Å². The van der Waals surface area contributed by atoms with E-state index in [-0.39, 0.29) is 6.10 Å². The highest BCUT2D eigenvalue weighted by Crippen LogP contribution is 2.43. The van der Waals surface area contributed by atoms with Crippen LogP contribution in [-0.4, -0.2) is 16.2 Å². The number of hydrogen-bond acceptors (Lipinski definition) is 2. The molecule has 4 aromatic rings. The molecule has 1 aliphatic carbocycles. The van der Waals surface area contributed by atoms with Gasteiger partial charge in [0, 0.05) is 34.2 Å². The van der Waals surface area contributed by atoms with Gasteiger partial charge in [0.15, 0.2) is 0 Å². The lowest BCUT2D eigenvalue weighted by Gasteiger charge is -2.18. The van der Waals surface area contributed by atoms with Crippen LogP contribution in [0, 0.1) is 6.92 Å². The van der Waals surface area contributed by atoms with Crippen molar-refractivity contribution in [3.05, 3.63) is 82.1 Å². The highest BCUT2D eigenvalue weighted by molar-refractivity contribution is 6.31. The number of ether oxygens (including phenoxy) is 1. The zero-order valence-corrected chi connectivity index (χ0v) is 16.9. The molecule has 1 saturated carbocycles. The van der Waals surface area contributed by atoms with Crippen LogP contribution >= 0.6 is 11.6 Å². The summed E-state index contributed by atoms with van der Waals surface area (Å²) in [7, 11) is 0. The SMILES string of the molecule is CCOC(c1ccc(C)cc1)c1cnn2c(C3CC3)cc3ccc(Cl)cc3c12. The molecule has 142 valence electrons. The van der Waals surface area contributed by atoms with Gasteiger partial charge in [-0.3, -0.25) is 0 Å². The first kappa shape index (κ1) is 17.7. The summed E-state index contributed by atoms with van der Waals surface area (Å²) in [6, 6.07) is 17.0. The molecule has 1 unspecified atom stereocenters. The number of aromatic nitrogens is 2. The number of hydrogen-bond donors (Lipinski definition) is 0. The summed E-state index contributed by atoms with van der Waals surface area (Å²) in [5.41, 5.74) is 5.89. The van der Waals surface area contributed by atoms with Gasteiger partial charge in [0.2, 0.25) is 0 Å². The van der Waals surface area contributed by atoms with Crippen LogP contribution in [0.25, 0.3) is 16.3 Å². The van der Waals surface area contributed by atoms with Crippen molar-refractivity contribution in [2.75, 3.05) is 6.61 Å². The van der Waals surface area contributed by atoms with Crippen LogP contribution in [0.4, 0.5) is 0 Å². The molecule has 0 spiro atoms. The first-order chi connectivity index (χ1) is 13.7. The first-order valence-electron chi connectivity index (χ1n) is 9.93. The van der Waals surface area contributed by atoms with E-state index in [1.807, 2.05) is 25.3 Å². The topological polar surface area (TPSA) is 26.5 Å². The monoisotopic (exact) mass is 390 g/mol. The molecule has 2 heterocycles. The second-order valence-electron chi connectivity index (χ2n) is 7.68. The van der Waals surface area contributed by atoms with Crippen molar-refractivity contribution in [1.29, 1.82) is 0 Å². The van der Waals surface area contributed by atoms with Gasteiger partial charge in [-0.05, 0) is 55.8 Å². The van der Waals surface area contributed by atoms with E-state index in [9.17, 15) is 0 Å². The molecule has 0 radical (unpaired) electrons. The van der Waals surface area contributed by atoms with E-state index in [1.54, 1.807) is 0 Å². The normalized spacial score (nSPS) is 15.4. The fraction of sp³-hybridized carbons (Fsp3) is 0.292. The van der Waals surface area contributed by atoms with E-state index in [2.05, 4.69) is 47.8 Å². The van der Waals surface area contributed by atoms with Gasteiger partial charge in [0.05, 0.1) is 11.7 Å². The Morgan fingerprint density at radius 3 is 2.64 bits per heavy atom. The second kappa shape index (κ2) is 6.91. The molecule has 4 heteroatoms. The Bertz CT molecular complexity index is 1160. The van der Waals surface area contributed by atoms with Gasteiger partial charge in [-0.25, -0.2) is 4.52 Å². The average molecular weight is 391 g/mol. The van der Waals surface area contributed by atoms with Crippen molar-refractivity contribution >= 4 is 27.9 Å². The van der Waals surface area contributed by atoms with Crippen molar-refractivity contribution < 1.29 is 4.74 Å². The molecule has 2 aromatic heterocycles. The molecule has 0 saturated heterocycles. The quantitative estimate of drug-likeness (QED) is 0.391. The summed E-state index contributed by atoms with van der Waals surface area (Å²) in [4.78, 5) is 0. The highest BCUT2D eigenvalue weighted by Gasteiger charge is 2.29. The van der Waals surface area contributed by atoms with Crippen molar-refractivity contribution in [2.45, 2.75) is 38.7 Å². The molecular formula is C24H23ClN2O. The fourth-order valence-corrected chi connectivity index (χ4v) is 4.21. The van der Waals surface area contributed by atoms with Crippen LogP contribution in [0.3, 0.4) is 0 Å². The Kier molecular flexibility index (Phi) is 4.37. The van der Waals surface area contributed by atoms with Crippen molar-refractivity contribution in [3.63, 3.8) is 0 Å². The number of rotatable bonds is 5. The van der Waals surface area contributed by atoms with E-state index < -0.39 is 0 Å². The van der Waals surface area contributed by atoms with Gasteiger partial charge in [0.25, 0.3) is 0 Å². The maximum absolute atomic E-state index is 6.37. The lowest BCUT2D eigenvalue weighted by Crippen LogP contribution is -2.07. The lowest BCUT2D eigenvalue weighted by molar-refractivity contribution is 0.0923. The van der Waals surface area contributed by atoms with E-state index in [0.717, 1.165) is 27.1 Å². The minimum atomic E-state index is -0.153. The maximum Gasteiger partial charge on any atom is 0.111 e. The van der Waals surface area contributed by atoms with Gasteiger partial charge in [-0.1, -0.05) is 47.5 Å². The zero-order valence-electron chi connectivity index (χ0n) is 16.2. The maximum atomic E-state index is 6.37. The van der Waals surface area contributed by atoms with Gasteiger partial charge in [-0.15, -0.1) is 0 Å². The van der Waals surface area contributed by atoms with Gasteiger partial charge in [0.1, 0.15) is 6.10 Å². The minimum absolute atomic E-state index is 0.153. The Morgan fingerprint density at radius 2 is 1.93 bits per heavy atom. The zero-order chi connectivity index (χ0) is 19.3. The van der Waals surface area contributed by atoms with E-state index in [0.29, 0.717) is 12.5 Å². The van der Waals surface area contributed by atoms with Gasteiger partial charge in [-0.2, -0.15) is 5.10 Å². The molecular weight excluding hydrogens is 368 g/mol. The molecule has 5 rings (SSSR count). The van der Waals surface area contributed by atoms with Crippen molar-refractivity contribution in [3.8, 4) is 0 Å². The number of halogens is 1. The van der Waals surface area contributed by atoms with Gasteiger partial charge < -0.3 is 4.74 Å². The highest BCUT2D eigenvalue weighted by atomic mass is 35.5. The predicted octanol–water partition coefficient (Wildman–Crippen LogP) is 6.45.